The summed E-state index contributed by atoms with van der Waals surface area (Å²) in [5.41, 5.74) is 4.99. The molecular formula is C15H17ClOS. The van der Waals surface area contributed by atoms with Gasteiger partial charge >= 0.3 is 0 Å². The summed E-state index contributed by atoms with van der Waals surface area (Å²) < 4.78 is 0.724. The highest BCUT2D eigenvalue weighted by atomic mass is 35.5. The minimum Gasteiger partial charge on any atom is -0.387 e. The van der Waals surface area contributed by atoms with Crippen LogP contribution in [-0.4, -0.2) is 5.11 Å². The molecule has 0 aliphatic heterocycles. The molecule has 0 saturated heterocycles. The third kappa shape index (κ3) is 2.94. The molecule has 0 amide bonds. The van der Waals surface area contributed by atoms with Crippen LogP contribution < -0.4 is 0 Å². The molecule has 1 heterocycles. The molecule has 3 heteroatoms. The van der Waals surface area contributed by atoms with Gasteiger partial charge in [0.25, 0.3) is 0 Å². The highest BCUT2D eigenvalue weighted by Gasteiger charge is 2.14. The van der Waals surface area contributed by atoms with E-state index in [0.29, 0.717) is 6.42 Å². The van der Waals surface area contributed by atoms with Crippen LogP contribution in [0.4, 0.5) is 0 Å². The van der Waals surface area contributed by atoms with Crippen LogP contribution >= 0.6 is 22.9 Å². The van der Waals surface area contributed by atoms with E-state index in [1.807, 2.05) is 12.1 Å². The largest absolute Gasteiger partial charge is 0.387 e. The van der Waals surface area contributed by atoms with Gasteiger partial charge in [-0.25, -0.2) is 0 Å². The lowest BCUT2D eigenvalue weighted by molar-refractivity contribution is 0.182. The molecule has 2 rings (SSSR count). The van der Waals surface area contributed by atoms with Crippen molar-refractivity contribution in [3.05, 3.63) is 55.7 Å². The first kappa shape index (κ1) is 13.6. The Balaban J connectivity index is 2.24. The van der Waals surface area contributed by atoms with Crippen molar-refractivity contribution in [1.29, 1.82) is 0 Å². The summed E-state index contributed by atoms with van der Waals surface area (Å²) in [6.45, 7) is 6.30. The van der Waals surface area contributed by atoms with Crippen molar-refractivity contribution in [2.75, 3.05) is 0 Å². The van der Waals surface area contributed by atoms with Gasteiger partial charge in [-0.15, -0.1) is 11.3 Å². The summed E-state index contributed by atoms with van der Waals surface area (Å²) in [5, 5.41) is 10.3. The Hall–Kier alpha value is -0.830. The average molecular weight is 281 g/mol. The molecule has 1 aromatic carbocycles. The van der Waals surface area contributed by atoms with Crippen LogP contribution in [0.1, 0.15) is 33.2 Å². The fourth-order valence-electron chi connectivity index (χ4n) is 2.33. The molecule has 1 atom stereocenters. The van der Waals surface area contributed by atoms with Crippen LogP contribution in [0.2, 0.25) is 4.34 Å². The lowest BCUT2D eigenvalue weighted by Crippen LogP contribution is -2.03. The Bertz CT molecular complexity index is 536. The number of aliphatic hydroxyl groups excluding tert-OH is 1. The van der Waals surface area contributed by atoms with E-state index in [-0.39, 0.29) is 0 Å². The number of benzene rings is 1. The van der Waals surface area contributed by atoms with E-state index < -0.39 is 6.10 Å². The Morgan fingerprint density at radius 1 is 1.17 bits per heavy atom. The molecule has 96 valence electrons. The van der Waals surface area contributed by atoms with Gasteiger partial charge in [0.2, 0.25) is 0 Å². The summed E-state index contributed by atoms with van der Waals surface area (Å²) in [6, 6.07) is 8.06. The van der Waals surface area contributed by atoms with Crippen LogP contribution in [0.25, 0.3) is 0 Å². The number of halogens is 1. The van der Waals surface area contributed by atoms with Gasteiger partial charge in [0.15, 0.2) is 0 Å². The maximum absolute atomic E-state index is 10.3. The monoisotopic (exact) mass is 280 g/mol. The number of hydrogen-bond acceptors (Lipinski definition) is 2. The molecule has 0 radical (unpaired) electrons. The highest BCUT2D eigenvalue weighted by molar-refractivity contribution is 7.16. The molecule has 1 aromatic heterocycles. The summed E-state index contributed by atoms with van der Waals surface area (Å²) in [4.78, 5) is 0.930. The van der Waals surface area contributed by atoms with Crippen molar-refractivity contribution in [2.24, 2.45) is 0 Å². The third-order valence-corrected chi connectivity index (χ3v) is 4.49. The summed E-state index contributed by atoms with van der Waals surface area (Å²) >= 11 is 7.34. The summed E-state index contributed by atoms with van der Waals surface area (Å²) in [7, 11) is 0. The zero-order chi connectivity index (χ0) is 13.3. The third-order valence-electron chi connectivity index (χ3n) is 3.16. The van der Waals surface area contributed by atoms with E-state index in [0.717, 1.165) is 9.21 Å². The first-order valence-corrected chi connectivity index (χ1v) is 7.17. The lowest BCUT2D eigenvalue weighted by Gasteiger charge is -2.14. The van der Waals surface area contributed by atoms with Crippen molar-refractivity contribution >= 4 is 22.9 Å². The van der Waals surface area contributed by atoms with Gasteiger partial charge in [-0.2, -0.15) is 0 Å². The average Bonchev–Trinajstić information content (AvgIpc) is 2.70. The summed E-state index contributed by atoms with van der Waals surface area (Å²) in [5.74, 6) is 0. The van der Waals surface area contributed by atoms with Gasteiger partial charge in [-0.3, -0.25) is 0 Å². The van der Waals surface area contributed by atoms with Crippen molar-refractivity contribution in [2.45, 2.75) is 33.3 Å². The molecule has 1 nitrogen and oxygen atoms in total. The molecule has 0 spiro atoms. The normalized spacial score (nSPS) is 12.7. The molecule has 18 heavy (non-hydrogen) atoms. The predicted molar refractivity (Wildman–Crippen MR) is 78.6 cm³/mol. The SMILES string of the molecule is Cc1cc(C)c(CC(O)c2ccc(Cl)s2)c(C)c1. The topological polar surface area (TPSA) is 20.2 Å². The smallest absolute Gasteiger partial charge is 0.0932 e. The minimum atomic E-state index is -0.470. The lowest BCUT2D eigenvalue weighted by atomic mass is 9.95. The van der Waals surface area contributed by atoms with Gasteiger partial charge in [-0.1, -0.05) is 29.3 Å². The van der Waals surface area contributed by atoms with E-state index in [9.17, 15) is 5.11 Å². The van der Waals surface area contributed by atoms with Crippen LogP contribution in [0, 0.1) is 20.8 Å². The van der Waals surface area contributed by atoms with Crippen LogP contribution in [0.15, 0.2) is 24.3 Å². The van der Waals surface area contributed by atoms with Crippen LogP contribution in [0.5, 0.6) is 0 Å². The molecule has 0 fully saturated rings. The Morgan fingerprint density at radius 3 is 2.28 bits per heavy atom. The van der Waals surface area contributed by atoms with Gasteiger partial charge in [0.05, 0.1) is 10.4 Å². The quantitative estimate of drug-likeness (QED) is 0.871. The minimum absolute atomic E-state index is 0.470. The second-order valence-corrected chi connectivity index (χ2v) is 6.49. The fraction of sp³-hybridized carbons (Fsp3) is 0.333. The Labute approximate surface area is 117 Å². The van der Waals surface area contributed by atoms with Gasteiger partial charge in [-0.05, 0) is 49.6 Å². The molecule has 1 N–H and O–H groups in total. The number of aryl methyl sites for hydroxylation is 3. The van der Waals surface area contributed by atoms with Crippen molar-refractivity contribution in [1.82, 2.24) is 0 Å². The Morgan fingerprint density at radius 2 is 1.78 bits per heavy atom. The molecule has 1 unspecified atom stereocenters. The van der Waals surface area contributed by atoms with Gasteiger partial charge in [0.1, 0.15) is 0 Å². The summed E-state index contributed by atoms with van der Waals surface area (Å²) in [6.07, 6.45) is 0.178. The number of aliphatic hydroxyl groups is 1. The first-order chi connectivity index (χ1) is 8.47. The van der Waals surface area contributed by atoms with Crippen LogP contribution in [-0.2, 0) is 6.42 Å². The van der Waals surface area contributed by atoms with E-state index in [1.165, 1.54) is 33.6 Å². The highest BCUT2D eigenvalue weighted by Crippen LogP contribution is 2.30. The maximum Gasteiger partial charge on any atom is 0.0932 e. The van der Waals surface area contributed by atoms with E-state index in [2.05, 4.69) is 32.9 Å². The second-order valence-electron chi connectivity index (χ2n) is 4.74. The standard InChI is InChI=1S/C15H17ClOS/c1-9-6-10(2)12(11(3)7-9)8-13(17)14-4-5-15(16)18-14/h4-7,13,17H,8H2,1-3H3. The number of rotatable bonds is 3. The number of hydrogen-bond donors (Lipinski definition) is 1. The first-order valence-electron chi connectivity index (χ1n) is 5.97. The molecule has 2 aromatic rings. The maximum atomic E-state index is 10.3. The van der Waals surface area contributed by atoms with E-state index in [4.69, 9.17) is 11.6 Å². The van der Waals surface area contributed by atoms with Gasteiger partial charge in [0, 0.05) is 11.3 Å². The molecular weight excluding hydrogens is 264 g/mol. The van der Waals surface area contributed by atoms with Crippen molar-refractivity contribution in [3.63, 3.8) is 0 Å². The molecule has 0 aliphatic carbocycles. The zero-order valence-electron chi connectivity index (χ0n) is 10.8. The predicted octanol–water partition coefficient (Wildman–Crippen LogP) is 4.60. The second kappa shape index (κ2) is 5.43. The molecule has 0 aliphatic rings. The molecule has 0 bridgehead atoms. The molecule has 0 saturated carbocycles. The van der Waals surface area contributed by atoms with E-state index in [1.54, 1.807) is 0 Å². The fourth-order valence-corrected chi connectivity index (χ4v) is 3.38. The number of thiophene rings is 1. The van der Waals surface area contributed by atoms with E-state index >= 15 is 0 Å². The van der Waals surface area contributed by atoms with Crippen LogP contribution in [0.3, 0.4) is 0 Å². The van der Waals surface area contributed by atoms with Crippen molar-refractivity contribution in [3.8, 4) is 0 Å². The Kier molecular flexibility index (Phi) is 4.10. The zero-order valence-corrected chi connectivity index (χ0v) is 12.4. The van der Waals surface area contributed by atoms with Gasteiger partial charge < -0.3 is 5.11 Å². The van der Waals surface area contributed by atoms with Crippen molar-refractivity contribution < 1.29 is 5.11 Å².